The molecule has 3 N–H and O–H groups in total. The molecule has 0 spiro atoms. The number of aryl methyl sites for hydroxylation is 1. The van der Waals surface area contributed by atoms with Gasteiger partial charge in [0, 0.05) is 38.6 Å². The molecule has 0 radical (unpaired) electrons. The van der Waals surface area contributed by atoms with E-state index in [0.29, 0.717) is 40.8 Å². The highest BCUT2D eigenvalue weighted by Crippen LogP contribution is 2.34. The maximum atomic E-state index is 14.2. The first kappa shape index (κ1) is 24.8. The van der Waals surface area contributed by atoms with E-state index in [1.807, 2.05) is 17.7 Å². The van der Waals surface area contributed by atoms with E-state index in [-0.39, 0.29) is 17.4 Å². The summed E-state index contributed by atoms with van der Waals surface area (Å²) in [6.07, 6.45) is 5.08. The zero-order valence-electron chi connectivity index (χ0n) is 18.5. The fourth-order valence-electron chi connectivity index (χ4n) is 3.16. The Labute approximate surface area is 195 Å². The topological polar surface area (TPSA) is 126 Å². The molecule has 178 valence electrons. The predicted molar refractivity (Wildman–Crippen MR) is 125 cm³/mol. The van der Waals surface area contributed by atoms with Gasteiger partial charge in [-0.25, -0.2) is 27.6 Å². The largest absolute Gasteiger partial charge is 0.396 e. The van der Waals surface area contributed by atoms with Crippen molar-refractivity contribution >= 4 is 32.3 Å². The van der Waals surface area contributed by atoms with Gasteiger partial charge < -0.3 is 15.0 Å². The summed E-state index contributed by atoms with van der Waals surface area (Å²) in [5.41, 5.74) is 1.89. The zero-order valence-corrected chi connectivity index (χ0v) is 20.1. The van der Waals surface area contributed by atoms with Gasteiger partial charge in [-0.15, -0.1) is 0 Å². The monoisotopic (exact) mass is 495 g/mol. The Morgan fingerprint density at radius 1 is 1.36 bits per heavy atom. The van der Waals surface area contributed by atoms with E-state index in [4.69, 9.17) is 5.11 Å². The smallest absolute Gasteiger partial charge is 0.321 e. The van der Waals surface area contributed by atoms with Crippen molar-refractivity contribution in [3.63, 3.8) is 0 Å². The van der Waals surface area contributed by atoms with Crippen molar-refractivity contribution in [3.8, 4) is 10.4 Å². The minimum Gasteiger partial charge on any atom is -0.396 e. The number of thiazole rings is 1. The maximum Gasteiger partial charge on any atom is 0.321 e. The van der Waals surface area contributed by atoms with Crippen LogP contribution < -0.4 is 10.6 Å². The summed E-state index contributed by atoms with van der Waals surface area (Å²) in [5, 5.41) is 14.9. The van der Waals surface area contributed by atoms with E-state index in [0.717, 1.165) is 18.0 Å². The predicted octanol–water partition coefficient (Wildman–Crippen LogP) is 2.85. The van der Waals surface area contributed by atoms with Gasteiger partial charge in [-0.1, -0.05) is 24.3 Å². The number of sulfone groups is 1. The molecule has 0 bridgehead atoms. The van der Waals surface area contributed by atoms with Crippen molar-refractivity contribution < 1.29 is 22.7 Å². The summed E-state index contributed by atoms with van der Waals surface area (Å²) < 4.78 is 39.4. The van der Waals surface area contributed by atoms with Crippen LogP contribution in [0.5, 0.6) is 0 Å². The van der Waals surface area contributed by atoms with Crippen LogP contribution in [0.25, 0.3) is 10.4 Å². The Bertz CT molecular complexity index is 1240. The molecule has 0 aliphatic heterocycles. The van der Waals surface area contributed by atoms with Crippen LogP contribution in [0.2, 0.25) is 0 Å². The van der Waals surface area contributed by atoms with E-state index in [1.165, 1.54) is 23.5 Å². The first-order chi connectivity index (χ1) is 15.6. The van der Waals surface area contributed by atoms with E-state index < -0.39 is 21.7 Å². The highest BCUT2D eigenvalue weighted by molar-refractivity contribution is 7.90. The zero-order chi connectivity index (χ0) is 24.2. The van der Waals surface area contributed by atoms with Crippen molar-refractivity contribution in [2.75, 3.05) is 24.7 Å². The number of aromatic nitrogens is 3. The molecule has 9 nitrogen and oxygen atoms in total. The Morgan fingerprint density at radius 2 is 2.12 bits per heavy atom. The second kappa shape index (κ2) is 10.4. The number of urea groups is 1. The summed E-state index contributed by atoms with van der Waals surface area (Å²) >= 11 is 1.17. The Kier molecular flexibility index (Phi) is 7.82. The number of carbonyl (C=O) groups is 1. The SMILES string of the molecule is Cc1nc(NC(=O)NCCc2cn(C[C@H](C)CO)cn2)sc1-c1ccc(S(C)(=O)=O)c(F)c1. The van der Waals surface area contributed by atoms with Crippen molar-refractivity contribution in [1.29, 1.82) is 0 Å². The Hall–Kier alpha value is -2.83. The highest BCUT2D eigenvalue weighted by Gasteiger charge is 2.17. The molecule has 1 aromatic carbocycles. The normalized spacial score (nSPS) is 12.5. The first-order valence-corrected chi connectivity index (χ1v) is 12.9. The molecular formula is C21H26FN5O4S2. The number of hydrogen-bond donors (Lipinski definition) is 3. The van der Waals surface area contributed by atoms with Gasteiger partial charge in [-0.2, -0.15) is 0 Å². The van der Waals surface area contributed by atoms with E-state index in [9.17, 15) is 17.6 Å². The second-order valence-electron chi connectivity index (χ2n) is 7.83. The van der Waals surface area contributed by atoms with Crippen LogP contribution in [0.1, 0.15) is 18.3 Å². The number of nitrogens with one attached hydrogen (secondary N) is 2. The lowest BCUT2D eigenvalue weighted by molar-refractivity contribution is 0.223. The van der Waals surface area contributed by atoms with Gasteiger partial charge in [0.2, 0.25) is 0 Å². The molecule has 0 aliphatic rings. The molecule has 1 atom stereocenters. The summed E-state index contributed by atoms with van der Waals surface area (Å²) in [7, 11) is -3.66. The average Bonchev–Trinajstić information content (AvgIpc) is 3.32. The molecule has 2 amide bonds. The minimum absolute atomic E-state index is 0.105. The number of benzene rings is 1. The van der Waals surface area contributed by atoms with Gasteiger partial charge in [0.25, 0.3) is 0 Å². The molecule has 0 fully saturated rings. The van der Waals surface area contributed by atoms with E-state index in [1.54, 1.807) is 13.3 Å². The van der Waals surface area contributed by atoms with Crippen LogP contribution in [-0.4, -0.2) is 53.5 Å². The van der Waals surface area contributed by atoms with Crippen LogP contribution in [0.4, 0.5) is 14.3 Å². The molecule has 2 heterocycles. The molecule has 2 aromatic heterocycles. The first-order valence-electron chi connectivity index (χ1n) is 10.2. The summed E-state index contributed by atoms with van der Waals surface area (Å²) in [5.74, 6) is -0.694. The Balaban J connectivity index is 1.56. The lowest BCUT2D eigenvalue weighted by atomic mass is 10.1. The van der Waals surface area contributed by atoms with Gasteiger partial charge in [-0.05, 0) is 30.5 Å². The van der Waals surface area contributed by atoms with Crippen molar-refractivity contribution in [1.82, 2.24) is 19.9 Å². The Morgan fingerprint density at radius 3 is 2.79 bits per heavy atom. The minimum atomic E-state index is -3.66. The molecule has 0 saturated carbocycles. The molecule has 0 unspecified atom stereocenters. The van der Waals surface area contributed by atoms with Gasteiger partial charge in [0.15, 0.2) is 15.0 Å². The molecule has 33 heavy (non-hydrogen) atoms. The van der Waals surface area contributed by atoms with Crippen molar-refractivity contribution in [2.45, 2.75) is 31.7 Å². The number of halogens is 1. The number of nitrogens with zero attached hydrogens (tertiary/aromatic N) is 3. The second-order valence-corrected chi connectivity index (χ2v) is 10.8. The molecular weight excluding hydrogens is 469 g/mol. The third kappa shape index (κ3) is 6.59. The number of anilines is 1. The van der Waals surface area contributed by atoms with Gasteiger partial charge in [0.1, 0.15) is 10.7 Å². The number of aliphatic hydroxyl groups excluding tert-OH is 1. The molecule has 0 saturated heterocycles. The van der Waals surface area contributed by atoms with Crippen LogP contribution >= 0.6 is 11.3 Å². The number of rotatable bonds is 9. The molecule has 3 rings (SSSR count). The van der Waals surface area contributed by atoms with Crippen LogP contribution in [-0.2, 0) is 22.8 Å². The summed E-state index contributed by atoms with van der Waals surface area (Å²) in [6, 6.07) is 3.47. The molecule has 3 aromatic rings. The van der Waals surface area contributed by atoms with Crippen LogP contribution in [0.15, 0.2) is 35.6 Å². The standard InChI is InChI=1S/C21H26FN5O4S2/c1-13(11-28)9-27-10-16(24-12-27)6-7-23-20(29)26-21-25-14(2)19(32-21)15-4-5-18(17(22)8-15)33(3,30)31/h4-5,8,10,12-13,28H,6-7,9,11H2,1-3H3,(H2,23,25,26,29)/t13-/m0/s1. The number of amides is 2. The lowest BCUT2D eigenvalue weighted by Crippen LogP contribution is -2.30. The van der Waals surface area contributed by atoms with Gasteiger partial charge in [-0.3, -0.25) is 5.32 Å². The van der Waals surface area contributed by atoms with Crippen LogP contribution in [0.3, 0.4) is 0 Å². The highest BCUT2D eigenvalue weighted by atomic mass is 32.2. The van der Waals surface area contributed by atoms with Gasteiger partial charge >= 0.3 is 6.03 Å². The van der Waals surface area contributed by atoms with Crippen LogP contribution in [0, 0.1) is 18.7 Å². The number of imidazole rings is 1. The summed E-state index contributed by atoms with van der Waals surface area (Å²) in [6.45, 7) is 4.82. The fraction of sp³-hybridized carbons (Fsp3) is 0.381. The maximum absolute atomic E-state index is 14.2. The molecule has 0 aliphatic carbocycles. The average molecular weight is 496 g/mol. The quantitative estimate of drug-likeness (QED) is 0.419. The number of hydrogen-bond acceptors (Lipinski definition) is 7. The van der Waals surface area contributed by atoms with E-state index in [2.05, 4.69) is 20.6 Å². The number of carbonyl (C=O) groups excluding carboxylic acids is 1. The third-order valence-electron chi connectivity index (χ3n) is 4.80. The summed E-state index contributed by atoms with van der Waals surface area (Å²) in [4.78, 5) is 21.1. The molecule has 12 heteroatoms. The lowest BCUT2D eigenvalue weighted by Gasteiger charge is -2.07. The van der Waals surface area contributed by atoms with Crippen molar-refractivity contribution in [3.05, 3.63) is 47.9 Å². The third-order valence-corrected chi connectivity index (χ3v) is 7.05. The number of aliphatic hydroxyl groups is 1. The van der Waals surface area contributed by atoms with Crippen molar-refractivity contribution in [2.24, 2.45) is 5.92 Å². The van der Waals surface area contributed by atoms with E-state index >= 15 is 0 Å². The van der Waals surface area contributed by atoms with Gasteiger partial charge in [0.05, 0.1) is 22.6 Å². The fourth-order valence-corrected chi connectivity index (χ4v) is 4.85.